The molecule has 0 radical (unpaired) electrons. The molecule has 3 unspecified atom stereocenters. The van der Waals surface area contributed by atoms with Crippen LogP contribution in [0.3, 0.4) is 0 Å². The van der Waals surface area contributed by atoms with Gasteiger partial charge in [-0.05, 0) is 51.3 Å². The molecule has 1 saturated carbocycles. The number of hydrogen-bond donors (Lipinski definition) is 1. The zero-order valence-corrected chi connectivity index (χ0v) is 12.2. The molecule has 0 spiro atoms. The minimum atomic E-state index is 0.675. The van der Waals surface area contributed by atoms with Crippen LogP contribution in [-0.2, 0) is 6.54 Å². The summed E-state index contributed by atoms with van der Waals surface area (Å²) in [6, 6.07) is 5.62. The third kappa shape index (κ3) is 3.21. The summed E-state index contributed by atoms with van der Waals surface area (Å²) in [6.45, 7) is 4.06. The topological polar surface area (TPSA) is 28.4 Å². The van der Waals surface area contributed by atoms with Gasteiger partial charge in [-0.1, -0.05) is 12.8 Å². The fourth-order valence-electron chi connectivity index (χ4n) is 3.85. The fourth-order valence-corrected chi connectivity index (χ4v) is 3.85. The van der Waals surface area contributed by atoms with Gasteiger partial charge in [0.25, 0.3) is 0 Å². The summed E-state index contributed by atoms with van der Waals surface area (Å²) in [5.41, 5.74) is 0. The van der Waals surface area contributed by atoms with Crippen LogP contribution < -0.4 is 5.32 Å². The highest BCUT2D eigenvalue weighted by Crippen LogP contribution is 2.33. The van der Waals surface area contributed by atoms with E-state index in [1.165, 1.54) is 32.1 Å². The highest BCUT2D eigenvalue weighted by molar-refractivity contribution is 5.05. The Kier molecular flexibility index (Phi) is 3.94. The van der Waals surface area contributed by atoms with Crippen molar-refractivity contribution in [3.63, 3.8) is 0 Å². The first-order chi connectivity index (χ1) is 9.20. The number of nitrogens with zero attached hydrogens (tertiary/aromatic N) is 1. The standard InChI is InChI=1S/C16H26N2O/c1-12-7-8-15(19-12)11-18(2)10-14-9-13-5-3-4-6-16(13)17-14/h7-8,13-14,16-17H,3-6,9-11H2,1-2H3. The highest BCUT2D eigenvalue weighted by atomic mass is 16.3. The first-order valence-electron chi connectivity index (χ1n) is 7.70. The molecule has 1 aromatic rings. The third-order valence-electron chi connectivity index (χ3n) is 4.70. The van der Waals surface area contributed by atoms with E-state index >= 15 is 0 Å². The van der Waals surface area contributed by atoms with Crippen LogP contribution >= 0.6 is 0 Å². The number of furan rings is 1. The van der Waals surface area contributed by atoms with Gasteiger partial charge in [-0.3, -0.25) is 4.90 Å². The number of nitrogens with one attached hydrogen (secondary N) is 1. The van der Waals surface area contributed by atoms with E-state index in [1.54, 1.807) is 0 Å². The summed E-state index contributed by atoms with van der Waals surface area (Å²) in [5, 5.41) is 3.84. The summed E-state index contributed by atoms with van der Waals surface area (Å²) in [6.07, 6.45) is 7.06. The SMILES string of the molecule is Cc1ccc(CN(C)CC2CC3CCCCC3N2)o1. The molecule has 2 aliphatic rings. The Bertz CT molecular complexity index is 401. The number of rotatable bonds is 4. The molecule has 0 aromatic carbocycles. The zero-order valence-electron chi connectivity index (χ0n) is 12.2. The minimum absolute atomic E-state index is 0.675. The third-order valence-corrected chi connectivity index (χ3v) is 4.70. The molecular weight excluding hydrogens is 236 g/mol. The van der Waals surface area contributed by atoms with Crippen LogP contribution in [0.15, 0.2) is 16.5 Å². The molecule has 3 rings (SSSR count). The number of likely N-dealkylation sites (N-methyl/N-ethyl adjacent to an activating group) is 1. The monoisotopic (exact) mass is 262 g/mol. The lowest BCUT2D eigenvalue weighted by Gasteiger charge is -2.24. The van der Waals surface area contributed by atoms with Gasteiger partial charge in [0.15, 0.2) is 0 Å². The van der Waals surface area contributed by atoms with Crippen molar-refractivity contribution in [3.8, 4) is 0 Å². The van der Waals surface area contributed by atoms with Gasteiger partial charge < -0.3 is 9.73 Å². The first kappa shape index (κ1) is 13.2. The Morgan fingerprint density at radius 3 is 2.89 bits per heavy atom. The maximum absolute atomic E-state index is 5.65. The summed E-state index contributed by atoms with van der Waals surface area (Å²) in [7, 11) is 2.20. The smallest absolute Gasteiger partial charge is 0.118 e. The Morgan fingerprint density at radius 2 is 2.16 bits per heavy atom. The van der Waals surface area contributed by atoms with E-state index in [2.05, 4.69) is 23.3 Å². The predicted molar refractivity (Wildman–Crippen MR) is 77.1 cm³/mol. The van der Waals surface area contributed by atoms with Gasteiger partial charge in [-0.15, -0.1) is 0 Å². The second-order valence-electron chi connectivity index (χ2n) is 6.46. The number of hydrogen-bond acceptors (Lipinski definition) is 3. The Labute approximate surface area is 116 Å². The normalized spacial score (nSPS) is 30.8. The Hall–Kier alpha value is -0.800. The second-order valence-corrected chi connectivity index (χ2v) is 6.46. The summed E-state index contributed by atoms with van der Waals surface area (Å²) in [4.78, 5) is 2.38. The van der Waals surface area contributed by atoms with Crippen molar-refractivity contribution in [1.29, 1.82) is 0 Å². The zero-order chi connectivity index (χ0) is 13.2. The molecule has 1 aromatic heterocycles. The van der Waals surface area contributed by atoms with Crippen molar-refractivity contribution in [1.82, 2.24) is 10.2 Å². The van der Waals surface area contributed by atoms with E-state index in [-0.39, 0.29) is 0 Å². The second kappa shape index (κ2) is 5.68. The molecule has 1 aliphatic carbocycles. The average molecular weight is 262 g/mol. The molecule has 1 N–H and O–H groups in total. The molecule has 19 heavy (non-hydrogen) atoms. The maximum Gasteiger partial charge on any atom is 0.118 e. The van der Waals surface area contributed by atoms with Crippen molar-refractivity contribution in [2.75, 3.05) is 13.6 Å². The van der Waals surface area contributed by atoms with Gasteiger partial charge in [0.1, 0.15) is 11.5 Å². The Morgan fingerprint density at radius 1 is 1.32 bits per heavy atom. The lowest BCUT2D eigenvalue weighted by molar-refractivity contribution is 0.264. The van der Waals surface area contributed by atoms with Crippen molar-refractivity contribution in [2.45, 2.75) is 57.7 Å². The molecule has 3 nitrogen and oxygen atoms in total. The van der Waals surface area contributed by atoms with Gasteiger partial charge in [-0.2, -0.15) is 0 Å². The van der Waals surface area contributed by atoms with Gasteiger partial charge in [0.2, 0.25) is 0 Å². The Balaban J connectivity index is 1.48. The van der Waals surface area contributed by atoms with E-state index < -0.39 is 0 Å². The molecule has 0 amide bonds. The summed E-state index contributed by atoms with van der Waals surface area (Å²) >= 11 is 0. The van der Waals surface area contributed by atoms with Crippen molar-refractivity contribution < 1.29 is 4.42 Å². The molecule has 2 heterocycles. The van der Waals surface area contributed by atoms with Gasteiger partial charge >= 0.3 is 0 Å². The molecule has 2 fully saturated rings. The predicted octanol–water partition coefficient (Wildman–Crippen LogP) is 2.94. The number of fused-ring (bicyclic) bond motifs is 1. The fraction of sp³-hybridized carbons (Fsp3) is 0.750. The van der Waals surface area contributed by atoms with Crippen LogP contribution in [0.1, 0.15) is 43.6 Å². The van der Waals surface area contributed by atoms with E-state index in [0.29, 0.717) is 6.04 Å². The van der Waals surface area contributed by atoms with Gasteiger partial charge in [0, 0.05) is 18.6 Å². The quantitative estimate of drug-likeness (QED) is 0.904. The number of aryl methyl sites for hydroxylation is 1. The molecule has 3 atom stereocenters. The van der Waals surface area contributed by atoms with E-state index in [1.807, 2.05) is 13.0 Å². The minimum Gasteiger partial charge on any atom is -0.465 e. The van der Waals surface area contributed by atoms with E-state index in [9.17, 15) is 0 Å². The maximum atomic E-state index is 5.65. The first-order valence-corrected chi connectivity index (χ1v) is 7.70. The molecule has 106 valence electrons. The lowest BCUT2D eigenvalue weighted by atomic mass is 9.85. The molecule has 3 heteroatoms. The molecule has 1 aliphatic heterocycles. The lowest BCUT2D eigenvalue weighted by Crippen LogP contribution is -2.39. The van der Waals surface area contributed by atoms with Gasteiger partial charge in [0.05, 0.1) is 6.54 Å². The van der Waals surface area contributed by atoms with Crippen molar-refractivity contribution in [2.24, 2.45) is 5.92 Å². The summed E-state index contributed by atoms with van der Waals surface area (Å²) in [5.74, 6) is 3.03. The van der Waals surface area contributed by atoms with Crippen LogP contribution in [-0.4, -0.2) is 30.6 Å². The van der Waals surface area contributed by atoms with Crippen LogP contribution in [0.4, 0.5) is 0 Å². The van der Waals surface area contributed by atoms with Crippen LogP contribution in [0.5, 0.6) is 0 Å². The molecule has 0 bridgehead atoms. The summed E-state index contributed by atoms with van der Waals surface area (Å²) < 4.78 is 5.65. The van der Waals surface area contributed by atoms with Crippen LogP contribution in [0.25, 0.3) is 0 Å². The van der Waals surface area contributed by atoms with E-state index in [0.717, 1.165) is 36.6 Å². The largest absolute Gasteiger partial charge is 0.465 e. The van der Waals surface area contributed by atoms with Crippen LogP contribution in [0, 0.1) is 12.8 Å². The van der Waals surface area contributed by atoms with Crippen molar-refractivity contribution >= 4 is 0 Å². The molecular formula is C16H26N2O. The van der Waals surface area contributed by atoms with Crippen LogP contribution in [0.2, 0.25) is 0 Å². The molecule has 1 saturated heterocycles. The van der Waals surface area contributed by atoms with Gasteiger partial charge in [-0.25, -0.2) is 0 Å². The van der Waals surface area contributed by atoms with E-state index in [4.69, 9.17) is 4.42 Å². The average Bonchev–Trinajstić information content (AvgIpc) is 2.94. The van der Waals surface area contributed by atoms with Crippen molar-refractivity contribution in [3.05, 3.63) is 23.7 Å². The highest BCUT2D eigenvalue weighted by Gasteiger charge is 2.35.